The molecule has 1 N–H and O–H groups in total. The third-order valence-electron chi connectivity index (χ3n) is 0.711. The first-order chi connectivity index (χ1) is 3.81. The van der Waals surface area contributed by atoms with Gasteiger partial charge in [0.1, 0.15) is 0 Å². The zero-order valence-corrected chi connectivity index (χ0v) is 7.88. The monoisotopic (exact) mass is 204 g/mol. The molecule has 0 bridgehead atoms. The molecule has 0 aliphatic carbocycles. The molecule has 0 atom stereocenters. The van der Waals surface area contributed by atoms with Gasteiger partial charge < -0.3 is 5.11 Å². The number of rotatable bonds is 3. The van der Waals surface area contributed by atoms with Crippen LogP contribution in [0.15, 0.2) is 12.2 Å². The Morgan fingerprint density at radius 2 is 2.22 bits per heavy atom. The third kappa shape index (κ3) is 8.25. The van der Waals surface area contributed by atoms with Crippen molar-refractivity contribution in [2.75, 3.05) is 6.61 Å². The second kappa shape index (κ2) is 8.25. The SMILES string of the molecule is CC=CC(=O)CCO.[Zr]. The molecule has 0 aliphatic heterocycles. The molecule has 50 valence electrons. The van der Waals surface area contributed by atoms with Crippen LogP contribution in [0.1, 0.15) is 13.3 Å². The van der Waals surface area contributed by atoms with Crippen LogP contribution in [-0.2, 0) is 31.0 Å². The van der Waals surface area contributed by atoms with Crippen LogP contribution in [0.4, 0.5) is 0 Å². The number of aliphatic hydroxyl groups is 1. The number of aliphatic hydroxyl groups excluding tert-OH is 1. The van der Waals surface area contributed by atoms with Crippen molar-refractivity contribution < 1.29 is 36.1 Å². The van der Waals surface area contributed by atoms with Crippen LogP contribution in [0.5, 0.6) is 0 Å². The van der Waals surface area contributed by atoms with E-state index in [-0.39, 0.29) is 45.0 Å². The minimum atomic E-state index is -0.0524. The van der Waals surface area contributed by atoms with Gasteiger partial charge in [0, 0.05) is 32.6 Å². The van der Waals surface area contributed by atoms with E-state index < -0.39 is 0 Å². The van der Waals surface area contributed by atoms with Crippen molar-refractivity contribution in [1.29, 1.82) is 0 Å². The zero-order chi connectivity index (χ0) is 6.41. The Morgan fingerprint density at radius 1 is 1.67 bits per heavy atom. The second-order valence-corrected chi connectivity index (χ2v) is 1.44. The van der Waals surface area contributed by atoms with E-state index in [0.29, 0.717) is 0 Å². The molecule has 0 radical (unpaired) electrons. The van der Waals surface area contributed by atoms with Crippen LogP contribution in [0.3, 0.4) is 0 Å². The Kier molecular flexibility index (Phi) is 11.0. The molecule has 0 saturated heterocycles. The van der Waals surface area contributed by atoms with Crippen LogP contribution < -0.4 is 0 Å². The molecule has 0 aromatic heterocycles. The van der Waals surface area contributed by atoms with Crippen molar-refractivity contribution in [2.24, 2.45) is 0 Å². The number of ketones is 1. The van der Waals surface area contributed by atoms with E-state index in [9.17, 15) is 4.79 Å². The van der Waals surface area contributed by atoms with Crippen molar-refractivity contribution in [3.63, 3.8) is 0 Å². The first-order valence-electron chi connectivity index (χ1n) is 2.57. The van der Waals surface area contributed by atoms with E-state index in [4.69, 9.17) is 5.11 Å². The van der Waals surface area contributed by atoms with Crippen LogP contribution in [0.25, 0.3) is 0 Å². The minimum Gasteiger partial charge on any atom is -0.396 e. The largest absolute Gasteiger partial charge is 0.396 e. The maximum Gasteiger partial charge on any atom is 0.157 e. The Labute approximate surface area is 74.1 Å². The molecule has 0 saturated carbocycles. The molecule has 2 nitrogen and oxygen atoms in total. The number of carbonyl (C=O) groups excluding carboxylic acids is 1. The van der Waals surface area contributed by atoms with E-state index in [1.165, 1.54) is 6.08 Å². The Balaban J connectivity index is 0. The van der Waals surface area contributed by atoms with Crippen LogP contribution in [0, 0.1) is 0 Å². The number of hydrogen-bond acceptors (Lipinski definition) is 2. The molecular formula is C6H10O2Zr. The molecule has 0 amide bonds. The van der Waals surface area contributed by atoms with Crippen molar-refractivity contribution in [1.82, 2.24) is 0 Å². The topological polar surface area (TPSA) is 37.3 Å². The van der Waals surface area contributed by atoms with Gasteiger partial charge in [-0.05, 0) is 13.0 Å². The van der Waals surface area contributed by atoms with Gasteiger partial charge in [0.05, 0.1) is 6.61 Å². The Bertz CT molecular complexity index is 99.2. The normalized spacial score (nSPS) is 9.11. The summed E-state index contributed by atoms with van der Waals surface area (Å²) in [5.74, 6) is -0.0185. The summed E-state index contributed by atoms with van der Waals surface area (Å²) in [6.07, 6.45) is 3.36. The molecule has 3 heteroatoms. The molecule has 0 fully saturated rings. The van der Waals surface area contributed by atoms with Gasteiger partial charge in [-0.2, -0.15) is 0 Å². The Morgan fingerprint density at radius 3 is 2.56 bits per heavy atom. The predicted molar refractivity (Wildman–Crippen MR) is 31.5 cm³/mol. The van der Waals surface area contributed by atoms with Crippen LogP contribution >= 0.6 is 0 Å². The summed E-state index contributed by atoms with van der Waals surface area (Å²) in [5.41, 5.74) is 0. The average Bonchev–Trinajstić information content (AvgIpc) is 1.68. The maximum absolute atomic E-state index is 10.4. The summed E-state index contributed by atoms with van der Waals surface area (Å²) in [5, 5.41) is 8.21. The first-order valence-corrected chi connectivity index (χ1v) is 2.57. The van der Waals surface area contributed by atoms with E-state index in [0.717, 1.165) is 0 Å². The van der Waals surface area contributed by atoms with Gasteiger partial charge in [0.15, 0.2) is 5.78 Å². The number of hydrogen-bond donors (Lipinski definition) is 1. The molecule has 0 aromatic rings. The van der Waals surface area contributed by atoms with Crippen molar-refractivity contribution in [3.05, 3.63) is 12.2 Å². The summed E-state index contributed by atoms with van der Waals surface area (Å²) in [4.78, 5) is 10.4. The van der Waals surface area contributed by atoms with E-state index in [1.54, 1.807) is 13.0 Å². The summed E-state index contributed by atoms with van der Waals surface area (Å²) >= 11 is 0. The fourth-order valence-electron chi connectivity index (χ4n) is 0.379. The quantitative estimate of drug-likeness (QED) is 0.682. The van der Waals surface area contributed by atoms with Crippen LogP contribution in [-0.4, -0.2) is 17.5 Å². The summed E-state index contributed by atoms with van der Waals surface area (Å²) < 4.78 is 0. The smallest absolute Gasteiger partial charge is 0.157 e. The summed E-state index contributed by atoms with van der Waals surface area (Å²) in [6, 6.07) is 0. The second-order valence-electron chi connectivity index (χ2n) is 1.44. The molecule has 0 rings (SSSR count). The number of allylic oxidation sites excluding steroid dienone is 2. The summed E-state index contributed by atoms with van der Waals surface area (Å²) in [6.45, 7) is 1.72. The fourth-order valence-corrected chi connectivity index (χ4v) is 0.379. The van der Waals surface area contributed by atoms with Gasteiger partial charge in [-0.1, -0.05) is 6.08 Å². The van der Waals surface area contributed by atoms with Crippen molar-refractivity contribution in [3.8, 4) is 0 Å². The minimum absolute atomic E-state index is 0. The standard InChI is InChI=1S/C6H10O2.Zr/c1-2-3-6(8)4-5-7;/h2-3,7H,4-5H2,1H3;. The zero-order valence-electron chi connectivity index (χ0n) is 5.42. The molecule has 9 heavy (non-hydrogen) atoms. The van der Waals surface area contributed by atoms with Crippen molar-refractivity contribution >= 4 is 5.78 Å². The van der Waals surface area contributed by atoms with Gasteiger partial charge in [-0.15, -0.1) is 0 Å². The molecule has 0 aromatic carbocycles. The molecule has 0 unspecified atom stereocenters. The fraction of sp³-hybridized carbons (Fsp3) is 0.500. The van der Waals surface area contributed by atoms with Crippen molar-refractivity contribution in [2.45, 2.75) is 13.3 Å². The van der Waals surface area contributed by atoms with Gasteiger partial charge in [0.2, 0.25) is 0 Å². The first kappa shape index (κ1) is 12.0. The van der Waals surface area contributed by atoms with Crippen LogP contribution in [0.2, 0.25) is 0 Å². The van der Waals surface area contributed by atoms with Gasteiger partial charge >= 0.3 is 0 Å². The number of carbonyl (C=O) groups is 1. The molecule has 0 spiro atoms. The maximum atomic E-state index is 10.4. The van der Waals surface area contributed by atoms with E-state index in [2.05, 4.69) is 0 Å². The van der Waals surface area contributed by atoms with E-state index in [1.807, 2.05) is 0 Å². The van der Waals surface area contributed by atoms with Gasteiger partial charge in [-0.3, -0.25) is 4.79 Å². The van der Waals surface area contributed by atoms with E-state index >= 15 is 0 Å². The van der Waals surface area contributed by atoms with Gasteiger partial charge in [-0.25, -0.2) is 0 Å². The third-order valence-corrected chi connectivity index (χ3v) is 0.711. The predicted octanol–water partition coefficient (Wildman–Crippen LogP) is 0.512. The average molecular weight is 205 g/mol. The molecule has 0 heterocycles. The summed E-state index contributed by atoms with van der Waals surface area (Å²) in [7, 11) is 0. The molecule has 0 aliphatic rings. The Hall–Kier alpha value is 0.253. The van der Waals surface area contributed by atoms with Gasteiger partial charge in [0.25, 0.3) is 0 Å². The molecular weight excluding hydrogens is 195 g/mol.